The third kappa shape index (κ3) is 5.37. The van der Waals surface area contributed by atoms with Gasteiger partial charge in [0.25, 0.3) is 0 Å². The van der Waals surface area contributed by atoms with Crippen molar-refractivity contribution >= 4 is 0 Å². The van der Waals surface area contributed by atoms with Crippen molar-refractivity contribution in [1.82, 2.24) is 0 Å². The highest BCUT2D eigenvalue weighted by Crippen LogP contribution is 2.32. The summed E-state index contributed by atoms with van der Waals surface area (Å²) < 4.78 is 0. The highest BCUT2D eigenvalue weighted by atomic mass is 16.3. The van der Waals surface area contributed by atoms with Crippen LogP contribution in [0.4, 0.5) is 0 Å². The molecule has 0 heterocycles. The van der Waals surface area contributed by atoms with E-state index in [0.29, 0.717) is 18.4 Å². The molecule has 1 N–H and O–H groups in total. The van der Waals surface area contributed by atoms with Gasteiger partial charge in [0, 0.05) is 12.5 Å². The minimum absolute atomic E-state index is 0.292. The van der Waals surface area contributed by atoms with E-state index in [-0.39, 0.29) is 0 Å². The molecule has 2 aromatic carbocycles. The van der Waals surface area contributed by atoms with Gasteiger partial charge >= 0.3 is 0 Å². The smallest absolute Gasteiger partial charge is 0.0433 e. The molecule has 1 nitrogen and oxygen atoms in total. The predicted molar refractivity (Wildman–Crippen MR) is 98.6 cm³/mol. The van der Waals surface area contributed by atoms with Gasteiger partial charge in [0.05, 0.1) is 0 Å². The molecule has 0 aromatic heterocycles. The van der Waals surface area contributed by atoms with E-state index < -0.39 is 0 Å². The molecule has 0 aliphatic rings. The maximum absolute atomic E-state index is 9.02. The van der Waals surface area contributed by atoms with E-state index in [4.69, 9.17) is 5.11 Å². The topological polar surface area (TPSA) is 20.2 Å². The fourth-order valence-corrected chi connectivity index (χ4v) is 3.09. The minimum atomic E-state index is 0.292. The SMILES string of the molecule is C/C(=C/CCC(C)CCO)C(c1ccccc1)c1ccccc1. The van der Waals surface area contributed by atoms with Crippen LogP contribution in [0.1, 0.15) is 50.2 Å². The van der Waals surface area contributed by atoms with Crippen LogP contribution in [0.2, 0.25) is 0 Å². The Hall–Kier alpha value is -1.86. The molecule has 2 aromatic rings. The first-order valence-electron chi connectivity index (χ1n) is 8.59. The van der Waals surface area contributed by atoms with Crippen molar-refractivity contribution in [3.63, 3.8) is 0 Å². The van der Waals surface area contributed by atoms with Crippen molar-refractivity contribution < 1.29 is 5.11 Å². The Morgan fingerprint density at radius 1 is 0.913 bits per heavy atom. The molecule has 2 rings (SSSR count). The zero-order chi connectivity index (χ0) is 16.5. The van der Waals surface area contributed by atoms with E-state index in [1.54, 1.807) is 0 Å². The number of rotatable bonds is 8. The van der Waals surface area contributed by atoms with E-state index in [1.165, 1.54) is 16.7 Å². The number of allylic oxidation sites excluding steroid dienone is 2. The van der Waals surface area contributed by atoms with E-state index in [0.717, 1.165) is 19.3 Å². The van der Waals surface area contributed by atoms with Gasteiger partial charge in [-0.2, -0.15) is 0 Å². The summed E-state index contributed by atoms with van der Waals surface area (Å²) in [6, 6.07) is 21.4. The number of aliphatic hydroxyl groups is 1. The molecule has 0 saturated heterocycles. The summed E-state index contributed by atoms with van der Waals surface area (Å²) in [4.78, 5) is 0. The van der Waals surface area contributed by atoms with Gasteiger partial charge in [-0.1, -0.05) is 79.2 Å². The molecule has 0 bridgehead atoms. The molecule has 0 aliphatic heterocycles. The largest absolute Gasteiger partial charge is 0.396 e. The van der Waals surface area contributed by atoms with Crippen LogP contribution in [0.3, 0.4) is 0 Å². The van der Waals surface area contributed by atoms with Crippen molar-refractivity contribution in [1.29, 1.82) is 0 Å². The molecule has 0 spiro atoms. The van der Waals surface area contributed by atoms with Gasteiger partial charge in [-0.05, 0) is 43.2 Å². The first-order valence-corrected chi connectivity index (χ1v) is 8.59. The lowest BCUT2D eigenvalue weighted by atomic mass is 9.85. The van der Waals surface area contributed by atoms with Crippen molar-refractivity contribution in [3.8, 4) is 0 Å². The predicted octanol–water partition coefficient (Wildman–Crippen LogP) is 5.56. The van der Waals surface area contributed by atoms with Crippen molar-refractivity contribution in [2.45, 2.75) is 39.0 Å². The molecule has 0 radical (unpaired) electrons. The Morgan fingerprint density at radius 3 is 1.91 bits per heavy atom. The standard InChI is InChI=1S/C22H28O/c1-18(16-17-23)10-9-11-19(2)22(20-12-5-3-6-13-20)21-14-7-4-8-15-21/h3-8,11-15,18,22-23H,9-10,16-17H2,1-2H3/b19-11-. The first kappa shape index (κ1) is 17.5. The van der Waals surface area contributed by atoms with Gasteiger partial charge < -0.3 is 5.11 Å². The van der Waals surface area contributed by atoms with Gasteiger partial charge in [-0.25, -0.2) is 0 Å². The highest BCUT2D eigenvalue weighted by Gasteiger charge is 2.15. The van der Waals surface area contributed by atoms with Crippen molar-refractivity contribution in [3.05, 3.63) is 83.4 Å². The number of hydrogen-bond donors (Lipinski definition) is 1. The van der Waals surface area contributed by atoms with Gasteiger partial charge in [-0.15, -0.1) is 0 Å². The molecule has 1 unspecified atom stereocenters. The Kier molecular flexibility index (Phi) is 7.09. The fourth-order valence-electron chi connectivity index (χ4n) is 3.09. The second-order valence-corrected chi connectivity index (χ2v) is 6.40. The quantitative estimate of drug-likeness (QED) is 0.633. The average Bonchev–Trinajstić information content (AvgIpc) is 2.57. The maximum Gasteiger partial charge on any atom is 0.0433 e. The summed E-state index contributed by atoms with van der Waals surface area (Å²) in [7, 11) is 0. The molecule has 1 atom stereocenters. The summed E-state index contributed by atoms with van der Waals surface area (Å²) in [5.74, 6) is 0.904. The molecule has 0 saturated carbocycles. The highest BCUT2D eigenvalue weighted by molar-refractivity contribution is 5.40. The van der Waals surface area contributed by atoms with Crippen LogP contribution in [0.25, 0.3) is 0 Å². The molecule has 0 aliphatic carbocycles. The van der Waals surface area contributed by atoms with Crippen LogP contribution in [0, 0.1) is 5.92 Å². The molecular weight excluding hydrogens is 280 g/mol. The monoisotopic (exact) mass is 308 g/mol. The molecule has 0 amide bonds. The molecule has 23 heavy (non-hydrogen) atoms. The first-order chi connectivity index (χ1) is 11.2. The number of hydrogen-bond acceptors (Lipinski definition) is 1. The Balaban J connectivity index is 2.17. The van der Waals surface area contributed by atoms with E-state index in [9.17, 15) is 0 Å². The van der Waals surface area contributed by atoms with E-state index >= 15 is 0 Å². The lowest BCUT2D eigenvalue weighted by Gasteiger charge is -2.19. The molecule has 1 heteroatoms. The Labute approximate surface area is 140 Å². The van der Waals surface area contributed by atoms with Crippen LogP contribution < -0.4 is 0 Å². The maximum atomic E-state index is 9.02. The molecule has 122 valence electrons. The van der Waals surface area contributed by atoms with Crippen LogP contribution >= 0.6 is 0 Å². The molecular formula is C22H28O. The summed E-state index contributed by atoms with van der Waals surface area (Å²) in [5, 5.41) is 9.02. The summed E-state index contributed by atoms with van der Waals surface area (Å²) in [6.07, 6.45) is 5.48. The lowest BCUT2D eigenvalue weighted by Crippen LogP contribution is -2.03. The number of benzene rings is 2. The average molecular weight is 308 g/mol. The molecule has 0 fully saturated rings. The second kappa shape index (κ2) is 9.32. The Bertz CT molecular complexity index is 546. The normalized spacial score (nSPS) is 13.3. The summed E-state index contributed by atoms with van der Waals surface area (Å²) in [6.45, 7) is 4.74. The van der Waals surface area contributed by atoms with Crippen molar-refractivity contribution in [2.24, 2.45) is 5.92 Å². The van der Waals surface area contributed by atoms with E-state index in [1.807, 2.05) is 0 Å². The van der Waals surface area contributed by atoms with Crippen LogP contribution in [0.15, 0.2) is 72.3 Å². The zero-order valence-electron chi connectivity index (χ0n) is 14.3. The minimum Gasteiger partial charge on any atom is -0.396 e. The number of aliphatic hydroxyl groups excluding tert-OH is 1. The summed E-state index contributed by atoms with van der Waals surface area (Å²) >= 11 is 0. The van der Waals surface area contributed by atoms with Crippen molar-refractivity contribution in [2.75, 3.05) is 6.61 Å². The van der Waals surface area contributed by atoms with Gasteiger partial charge in [0.15, 0.2) is 0 Å². The van der Waals surface area contributed by atoms with E-state index in [2.05, 4.69) is 80.6 Å². The van der Waals surface area contributed by atoms with Gasteiger partial charge in [0.1, 0.15) is 0 Å². The van der Waals surface area contributed by atoms with Crippen LogP contribution in [0.5, 0.6) is 0 Å². The lowest BCUT2D eigenvalue weighted by molar-refractivity contribution is 0.259. The Morgan fingerprint density at radius 2 is 1.43 bits per heavy atom. The van der Waals surface area contributed by atoms with Gasteiger partial charge in [0.2, 0.25) is 0 Å². The zero-order valence-corrected chi connectivity index (χ0v) is 14.3. The third-order valence-corrected chi connectivity index (χ3v) is 4.47. The second-order valence-electron chi connectivity index (χ2n) is 6.40. The van der Waals surface area contributed by atoms with Gasteiger partial charge in [-0.3, -0.25) is 0 Å². The van der Waals surface area contributed by atoms with Crippen LogP contribution in [-0.2, 0) is 0 Å². The fraction of sp³-hybridized carbons (Fsp3) is 0.364. The van der Waals surface area contributed by atoms with Crippen LogP contribution in [-0.4, -0.2) is 11.7 Å². The third-order valence-electron chi connectivity index (χ3n) is 4.47. The summed E-state index contributed by atoms with van der Waals surface area (Å²) in [5.41, 5.74) is 4.09.